The first-order valence-electron chi connectivity index (χ1n) is 5.84. The molecule has 0 aromatic heterocycles. The number of nitrogens with one attached hydrogen (secondary N) is 1. The number of phenolic OH excluding ortho intramolecular Hbond substituents is 1. The number of benzene rings is 1. The highest BCUT2D eigenvalue weighted by Gasteiger charge is 2.27. The second-order valence-corrected chi connectivity index (χ2v) is 4.28. The standard InChI is InChI=1S/C13H15NO6/c1-7(16)9(13(19)20)5-11(17)8-3-2-4-10(12(8)18)14-6-15/h2-4,6-7,9,16,18H,5H2,1H3,(H,14,15)(H,19,20). The van der Waals surface area contributed by atoms with Crippen LogP contribution >= 0.6 is 0 Å². The van der Waals surface area contributed by atoms with Gasteiger partial charge in [0.25, 0.3) is 0 Å². The third-order valence-electron chi connectivity index (χ3n) is 2.86. The van der Waals surface area contributed by atoms with Crippen LogP contribution in [0, 0.1) is 5.92 Å². The van der Waals surface area contributed by atoms with Crippen molar-refractivity contribution in [3.8, 4) is 5.75 Å². The minimum atomic E-state index is -1.30. The fourth-order valence-corrected chi connectivity index (χ4v) is 1.72. The smallest absolute Gasteiger partial charge is 0.309 e. The van der Waals surface area contributed by atoms with E-state index in [0.29, 0.717) is 6.41 Å². The zero-order valence-corrected chi connectivity index (χ0v) is 10.7. The lowest BCUT2D eigenvalue weighted by Crippen LogP contribution is -2.28. The quantitative estimate of drug-likeness (QED) is 0.330. The summed E-state index contributed by atoms with van der Waals surface area (Å²) in [6.07, 6.45) is -1.31. The zero-order valence-electron chi connectivity index (χ0n) is 10.7. The van der Waals surface area contributed by atoms with Gasteiger partial charge in [-0.05, 0) is 19.1 Å². The van der Waals surface area contributed by atoms with Crippen molar-refractivity contribution in [3.63, 3.8) is 0 Å². The van der Waals surface area contributed by atoms with Gasteiger partial charge in [-0.15, -0.1) is 0 Å². The molecular weight excluding hydrogens is 266 g/mol. The Labute approximate surface area is 114 Å². The number of Topliss-reactive ketones (excluding diaryl/α,β-unsaturated/α-hetero) is 1. The molecule has 0 radical (unpaired) electrons. The van der Waals surface area contributed by atoms with Gasteiger partial charge in [-0.1, -0.05) is 6.07 Å². The summed E-state index contributed by atoms with van der Waals surface area (Å²) >= 11 is 0. The van der Waals surface area contributed by atoms with Gasteiger partial charge in [0.15, 0.2) is 5.78 Å². The number of para-hydroxylation sites is 1. The molecule has 0 bridgehead atoms. The van der Waals surface area contributed by atoms with E-state index in [1.807, 2.05) is 0 Å². The minimum Gasteiger partial charge on any atom is -0.505 e. The van der Waals surface area contributed by atoms with Gasteiger partial charge in [0, 0.05) is 6.42 Å². The average Bonchev–Trinajstić information content (AvgIpc) is 2.37. The number of carbonyl (C=O) groups is 3. The van der Waals surface area contributed by atoms with Gasteiger partial charge in [-0.3, -0.25) is 14.4 Å². The predicted molar refractivity (Wildman–Crippen MR) is 69.5 cm³/mol. The molecule has 2 atom stereocenters. The van der Waals surface area contributed by atoms with Crippen molar-refractivity contribution in [1.82, 2.24) is 0 Å². The Morgan fingerprint density at radius 2 is 2.05 bits per heavy atom. The molecule has 1 aromatic rings. The Kier molecular flexibility index (Phi) is 5.22. The van der Waals surface area contributed by atoms with Crippen molar-refractivity contribution in [2.24, 2.45) is 5.92 Å². The van der Waals surface area contributed by atoms with Gasteiger partial charge in [0.05, 0.1) is 23.3 Å². The number of carboxylic acid groups (broad SMARTS) is 1. The largest absolute Gasteiger partial charge is 0.505 e. The van der Waals surface area contributed by atoms with Gasteiger partial charge in [0.2, 0.25) is 6.41 Å². The number of carboxylic acids is 1. The fourth-order valence-electron chi connectivity index (χ4n) is 1.72. The number of aliphatic hydroxyl groups excluding tert-OH is 1. The molecule has 1 aromatic carbocycles. The summed E-state index contributed by atoms with van der Waals surface area (Å²) in [6, 6.07) is 4.15. The summed E-state index contributed by atoms with van der Waals surface area (Å²) in [5.74, 6) is -3.62. The third-order valence-corrected chi connectivity index (χ3v) is 2.86. The van der Waals surface area contributed by atoms with Gasteiger partial charge in [-0.2, -0.15) is 0 Å². The van der Waals surface area contributed by atoms with Crippen LogP contribution in [0.15, 0.2) is 18.2 Å². The second-order valence-electron chi connectivity index (χ2n) is 4.28. The number of ketones is 1. The first-order chi connectivity index (χ1) is 9.38. The summed E-state index contributed by atoms with van der Waals surface area (Å²) in [5, 5.41) is 30.3. The van der Waals surface area contributed by atoms with Crippen LogP contribution in [-0.4, -0.2) is 39.6 Å². The lowest BCUT2D eigenvalue weighted by molar-refractivity contribution is -0.145. The van der Waals surface area contributed by atoms with Crippen molar-refractivity contribution in [2.75, 3.05) is 5.32 Å². The monoisotopic (exact) mass is 281 g/mol. The van der Waals surface area contributed by atoms with Gasteiger partial charge in [-0.25, -0.2) is 0 Å². The molecule has 0 aliphatic carbocycles. The first kappa shape index (κ1) is 15.6. The van der Waals surface area contributed by atoms with E-state index in [1.165, 1.54) is 25.1 Å². The van der Waals surface area contributed by atoms with Crippen molar-refractivity contribution in [1.29, 1.82) is 0 Å². The number of phenols is 1. The Morgan fingerprint density at radius 3 is 2.55 bits per heavy atom. The van der Waals surface area contributed by atoms with Crippen LogP contribution < -0.4 is 5.32 Å². The van der Waals surface area contributed by atoms with Crippen molar-refractivity contribution in [3.05, 3.63) is 23.8 Å². The molecule has 2 unspecified atom stereocenters. The molecule has 0 heterocycles. The van der Waals surface area contributed by atoms with Crippen LogP contribution in [0.5, 0.6) is 5.75 Å². The summed E-state index contributed by atoms with van der Waals surface area (Å²) < 4.78 is 0. The molecule has 108 valence electrons. The maximum absolute atomic E-state index is 12.0. The van der Waals surface area contributed by atoms with E-state index in [0.717, 1.165) is 0 Å². The van der Waals surface area contributed by atoms with Crippen LogP contribution in [-0.2, 0) is 9.59 Å². The summed E-state index contributed by atoms with van der Waals surface area (Å²) in [6.45, 7) is 1.27. The number of aromatic hydroxyl groups is 1. The van der Waals surface area contributed by atoms with E-state index in [4.69, 9.17) is 5.11 Å². The molecular formula is C13H15NO6. The molecule has 0 saturated heterocycles. The van der Waals surface area contributed by atoms with Crippen LogP contribution in [0.1, 0.15) is 23.7 Å². The highest BCUT2D eigenvalue weighted by Crippen LogP contribution is 2.29. The van der Waals surface area contributed by atoms with Crippen LogP contribution in [0.25, 0.3) is 0 Å². The number of anilines is 1. The molecule has 1 amide bonds. The summed E-state index contributed by atoms with van der Waals surface area (Å²) in [5.41, 5.74) is -0.0569. The molecule has 7 nitrogen and oxygen atoms in total. The number of aliphatic carboxylic acids is 1. The summed E-state index contributed by atoms with van der Waals surface area (Å²) in [7, 11) is 0. The topological polar surface area (TPSA) is 124 Å². The van der Waals surface area contributed by atoms with Gasteiger partial charge >= 0.3 is 5.97 Å². The van der Waals surface area contributed by atoms with E-state index in [9.17, 15) is 24.6 Å². The molecule has 0 aliphatic rings. The molecule has 4 N–H and O–H groups in total. The predicted octanol–water partition coefficient (Wildman–Crippen LogP) is 0.615. The molecule has 0 spiro atoms. The van der Waals surface area contributed by atoms with E-state index in [1.54, 1.807) is 0 Å². The van der Waals surface area contributed by atoms with Crippen molar-refractivity contribution in [2.45, 2.75) is 19.4 Å². The number of aliphatic hydroxyl groups is 1. The lowest BCUT2D eigenvalue weighted by Gasteiger charge is -2.15. The Bertz CT molecular complexity index is 526. The van der Waals surface area contributed by atoms with Crippen molar-refractivity contribution >= 4 is 23.9 Å². The highest BCUT2D eigenvalue weighted by atomic mass is 16.4. The number of hydrogen-bond acceptors (Lipinski definition) is 5. The Balaban J connectivity index is 3.00. The molecule has 7 heteroatoms. The van der Waals surface area contributed by atoms with Gasteiger partial charge in [0.1, 0.15) is 5.75 Å². The minimum absolute atomic E-state index is 0.0507. The average molecular weight is 281 g/mol. The second kappa shape index (κ2) is 6.67. The fraction of sp³-hybridized carbons (Fsp3) is 0.308. The first-order valence-corrected chi connectivity index (χ1v) is 5.84. The number of carbonyl (C=O) groups excluding carboxylic acids is 2. The maximum atomic E-state index is 12.0. The summed E-state index contributed by atoms with van der Waals surface area (Å²) in [4.78, 5) is 33.3. The Morgan fingerprint density at radius 1 is 1.40 bits per heavy atom. The normalized spacial score (nSPS) is 13.3. The van der Waals surface area contributed by atoms with Gasteiger partial charge < -0.3 is 20.6 Å². The van der Waals surface area contributed by atoms with E-state index < -0.39 is 35.9 Å². The maximum Gasteiger partial charge on any atom is 0.309 e. The molecule has 1 rings (SSSR count). The number of amides is 1. The Hall–Kier alpha value is -2.41. The molecule has 0 fully saturated rings. The highest BCUT2D eigenvalue weighted by molar-refractivity contribution is 6.02. The van der Waals surface area contributed by atoms with Crippen molar-refractivity contribution < 1.29 is 29.7 Å². The van der Waals surface area contributed by atoms with E-state index in [-0.39, 0.29) is 11.3 Å². The lowest BCUT2D eigenvalue weighted by atomic mass is 9.93. The number of hydrogen-bond donors (Lipinski definition) is 4. The molecule has 20 heavy (non-hydrogen) atoms. The molecule has 0 aliphatic heterocycles. The zero-order chi connectivity index (χ0) is 15.3. The number of rotatable bonds is 7. The van der Waals surface area contributed by atoms with Crippen LogP contribution in [0.4, 0.5) is 5.69 Å². The van der Waals surface area contributed by atoms with Crippen LogP contribution in [0.3, 0.4) is 0 Å². The van der Waals surface area contributed by atoms with E-state index in [2.05, 4.69) is 5.32 Å². The van der Waals surface area contributed by atoms with E-state index >= 15 is 0 Å². The molecule has 0 saturated carbocycles. The SMILES string of the molecule is CC(O)C(CC(=O)c1cccc(NC=O)c1O)C(=O)O. The third kappa shape index (κ3) is 3.55. The van der Waals surface area contributed by atoms with Crippen LogP contribution in [0.2, 0.25) is 0 Å².